The summed E-state index contributed by atoms with van der Waals surface area (Å²) in [5, 5.41) is 10.9. The molecule has 1 heterocycles. The first-order valence-electron chi connectivity index (χ1n) is 6.59. The molecule has 0 bridgehead atoms. The Morgan fingerprint density at radius 1 is 1.45 bits per heavy atom. The number of nitrogens with one attached hydrogen (secondary N) is 1. The van der Waals surface area contributed by atoms with Crippen LogP contribution < -0.4 is 10.1 Å². The van der Waals surface area contributed by atoms with Gasteiger partial charge in [-0.25, -0.2) is 0 Å². The third-order valence-electron chi connectivity index (χ3n) is 2.82. The summed E-state index contributed by atoms with van der Waals surface area (Å²) in [5.74, 6) is 1.32. The molecule has 8 heteroatoms. The summed E-state index contributed by atoms with van der Waals surface area (Å²) >= 11 is 5.93. The van der Waals surface area contributed by atoms with E-state index in [9.17, 15) is 4.79 Å². The van der Waals surface area contributed by atoms with Crippen molar-refractivity contribution >= 4 is 23.2 Å². The quantitative estimate of drug-likeness (QED) is 0.876. The van der Waals surface area contributed by atoms with Gasteiger partial charge in [0.25, 0.3) is 0 Å². The number of nitrogens with zero attached hydrogens (tertiary/aromatic N) is 3. The highest BCUT2D eigenvalue weighted by Crippen LogP contribution is 2.27. The Kier molecular flexibility index (Phi) is 5.35. The van der Waals surface area contributed by atoms with E-state index < -0.39 is 0 Å². The average molecular weight is 325 g/mol. The summed E-state index contributed by atoms with van der Waals surface area (Å²) in [5.41, 5.74) is 0.530. The molecule has 0 aliphatic rings. The predicted octanol–water partition coefficient (Wildman–Crippen LogP) is 2.11. The zero-order chi connectivity index (χ0) is 16.1. The number of methoxy groups -OCH3 is 1. The van der Waals surface area contributed by atoms with E-state index in [0.717, 1.165) is 0 Å². The molecule has 1 aromatic heterocycles. The fraction of sp³-hybridized carbons (Fsp3) is 0.357. The second kappa shape index (κ2) is 7.24. The lowest BCUT2D eigenvalue weighted by molar-refractivity contribution is -0.117. The van der Waals surface area contributed by atoms with E-state index in [4.69, 9.17) is 20.8 Å². The van der Waals surface area contributed by atoms with E-state index in [1.54, 1.807) is 37.1 Å². The Labute approximate surface area is 133 Å². The molecule has 0 saturated heterocycles. The normalized spacial score (nSPS) is 10.8. The van der Waals surface area contributed by atoms with Crippen LogP contribution in [-0.4, -0.2) is 41.7 Å². The zero-order valence-electron chi connectivity index (χ0n) is 12.6. The largest absolute Gasteiger partial charge is 0.495 e. The SMILES string of the molecule is COc1ccc(Cl)cc1NC(=O)CN(C)Cc1nnc(C)o1. The van der Waals surface area contributed by atoms with Crippen molar-refractivity contribution in [1.82, 2.24) is 15.1 Å². The molecule has 0 fully saturated rings. The topological polar surface area (TPSA) is 80.5 Å². The molecule has 7 nitrogen and oxygen atoms in total. The molecule has 0 spiro atoms. The summed E-state index contributed by atoms with van der Waals surface area (Å²) in [6, 6.07) is 5.03. The number of aryl methyl sites for hydroxylation is 1. The van der Waals surface area contributed by atoms with E-state index in [2.05, 4.69) is 15.5 Å². The Bertz CT molecular complexity index is 659. The highest BCUT2D eigenvalue weighted by Gasteiger charge is 2.13. The Morgan fingerprint density at radius 2 is 2.23 bits per heavy atom. The average Bonchev–Trinajstić information content (AvgIpc) is 2.83. The molecule has 22 heavy (non-hydrogen) atoms. The van der Waals surface area contributed by atoms with Crippen molar-refractivity contribution < 1.29 is 13.9 Å². The van der Waals surface area contributed by atoms with Crippen LogP contribution in [0.3, 0.4) is 0 Å². The number of carbonyl (C=O) groups excluding carboxylic acids is 1. The van der Waals surface area contributed by atoms with Crippen LogP contribution in [0, 0.1) is 6.92 Å². The maximum absolute atomic E-state index is 12.1. The van der Waals surface area contributed by atoms with Gasteiger partial charge in [-0.15, -0.1) is 10.2 Å². The zero-order valence-corrected chi connectivity index (χ0v) is 13.3. The van der Waals surface area contributed by atoms with Crippen molar-refractivity contribution in [3.63, 3.8) is 0 Å². The number of benzene rings is 1. The summed E-state index contributed by atoms with van der Waals surface area (Å²) in [6.45, 7) is 2.27. The lowest BCUT2D eigenvalue weighted by Crippen LogP contribution is -2.30. The number of amides is 1. The van der Waals surface area contributed by atoms with E-state index in [1.165, 1.54) is 7.11 Å². The monoisotopic (exact) mass is 324 g/mol. The van der Waals surface area contributed by atoms with Gasteiger partial charge in [-0.2, -0.15) is 0 Å². The van der Waals surface area contributed by atoms with Crippen molar-refractivity contribution in [2.75, 3.05) is 26.0 Å². The Balaban J connectivity index is 1.93. The second-order valence-electron chi connectivity index (χ2n) is 4.78. The third-order valence-corrected chi connectivity index (χ3v) is 3.06. The summed E-state index contributed by atoms with van der Waals surface area (Å²) in [7, 11) is 3.32. The molecule has 0 atom stereocenters. The molecule has 0 unspecified atom stereocenters. The standard InChI is InChI=1S/C14H17ClN4O3/c1-9-17-18-14(22-9)8-19(2)7-13(20)16-11-6-10(15)4-5-12(11)21-3/h4-6H,7-8H2,1-3H3,(H,16,20). The van der Waals surface area contributed by atoms with Crippen molar-refractivity contribution in [1.29, 1.82) is 0 Å². The first-order chi connectivity index (χ1) is 10.5. The highest BCUT2D eigenvalue weighted by molar-refractivity contribution is 6.31. The van der Waals surface area contributed by atoms with Crippen LogP contribution in [-0.2, 0) is 11.3 Å². The fourth-order valence-electron chi connectivity index (χ4n) is 1.90. The van der Waals surface area contributed by atoms with E-state index >= 15 is 0 Å². The molecule has 1 amide bonds. The second-order valence-corrected chi connectivity index (χ2v) is 5.22. The van der Waals surface area contributed by atoms with Crippen LogP contribution >= 0.6 is 11.6 Å². The number of hydrogen-bond donors (Lipinski definition) is 1. The first kappa shape index (κ1) is 16.3. The van der Waals surface area contributed by atoms with Gasteiger partial charge in [0.15, 0.2) is 0 Å². The Hall–Kier alpha value is -2.12. The molecule has 0 aliphatic heterocycles. The molecule has 2 aromatic rings. The molecular formula is C14H17ClN4O3. The number of carbonyl (C=O) groups is 1. The minimum Gasteiger partial charge on any atom is -0.495 e. The van der Waals surface area contributed by atoms with Crippen LogP contribution in [0.2, 0.25) is 5.02 Å². The number of anilines is 1. The van der Waals surface area contributed by atoms with Crippen LogP contribution in [0.5, 0.6) is 5.75 Å². The van der Waals surface area contributed by atoms with E-state index in [-0.39, 0.29) is 12.5 Å². The molecule has 118 valence electrons. The van der Waals surface area contributed by atoms with Crippen molar-refractivity contribution in [3.05, 3.63) is 35.0 Å². The van der Waals surface area contributed by atoms with Crippen LogP contribution in [0.1, 0.15) is 11.8 Å². The molecule has 2 rings (SSSR count). The van der Waals surface area contributed by atoms with Gasteiger partial charge in [-0.1, -0.05) is 11.6 Å². The summed E-state index contributed by atoms with van der Waals surface area (Å²) in [6.07, 6.45) is 0. The lowest BCUT2D eigenvalue weighted by atomic mass is 10.3. The van der Waals surface area contributed by atoms with Crippen LogP contribution in [0.25, 0.3) is 0 Å². The van der Waals surface area contributed by atoms with Crippen molar-refractivity contribution in [3.8, 4) is 5.75 Å². The smallest absolute Gasteiger partial charge is 0.238 e. The molecule has 1 aromatic carbocycles. The van der Waals surface area contributed by atoms with Gasteiger partial charge in [-0.3, -0.25) is 9.69 Å². The first-order valence-corrected chi connectivity index (χ1v) is 6.96. The minimum atomic E-state index is -0.195. The number of rotatable bonds is 6. The minimum absolute atomic E-state index is 0.164. The van der Waals surface area contributed by atoms with Crippen LogP contribution in [0.4, 0.5) is 5.69 Å². The number of ether oxygens (including phenoxy) is 1. The third kappa shape index (κ3) is 4.44. The number of hydrogen-bond acceptors (Lipinski definition) is 6. The maximum atomic E-state index is 12.1. The molecule has 1 N–H and O–H groups in total. The highest BCUT2D eigenvalue weighted by atomic mass is 35.5. The molecular weight excluding hydrogens is 308 g/mol. The maximum Gasteiger partial charge on any atom is 0.238 e. The van der Waals surface area contributed by atoms with Gasteiger partial charge >= 0.3 is 0 Å². The number of aromatic nitrogens is 2. The van der Waals surface area contributed by atoms with Gasteiger partial charge in [-0.05, 0) is 25.2 Å². The molecule has 0 saturated carbocycles. The van der Waals surface area contributed by atoms with Gasteiger partial charge < -0.3 is 14.5 Å². The number of halogens is 1. The van der Waals surface area contributed by atoms with Crippen LogP contribution in [0.15, 0.2) is 22.6 Å². The van der Waals surface area contributed by atoms with E-state index in [0.29, 0.717) is 34.8 Å². The van der Waals surface area contributed by atoms with Crippen molar-refractivity contribution in [2.45, 2.75) is 13.5 Å². The van der Waals surface area contributed by atoms with Gasteiger partial charge in [0, 0.05) is 11.9 Å². The fourth-order valence-corrected chi connectivity index (χ4v) is 2.07. The molecule has 0 aliphatic carbocycles. The van der Waals surface area contributed by atoms with Crippen molar-refractivity contribution in [2.24, 2.45) is 0 Å². The predicted molar refractivity (Wildman–Crippen MR) is 82.0 cm³/mol. The molecule has 0 radical (unpaired) electrons. The summed E-state index contributed by atoms with van der Waals surface area (Å²) in [4.78, 5) is 13.8. The van der Waals surface area contributed by atoms with Gasteiger partial charge in [0.05, 0.1) is 25.9 Å². The van der Waals surface area contributed by atoms with Gasteiger partial charge in [0.1, 0.15) is 5.75 Å². The number of likely N-dealkylation sites (N-methyl/N-ethyl adjacent to an activating group) is 1. The lowest BCUT2D eigenvalue weighted by Gasteiger charge is -2.15. The van der Waals surface area contributed by atoms with Gasteiger partial charge in [0.2, 0.25) is 17.7 Å². The van der Waals surface area contributed by atoms with E-state index in [1.807, 2.05) is 0 Å². The summed E-state index contributed by atoms with van der Waals surface area (Å²) < 4.78 is 10.5. The Morgan fingerprint density at radius 3 is 2.86 bits per heavy atom.